The van der Waals surface area contributed by atoms with Gasteiger partial charge in [0.1, 0.15) is 23.3 Å². The van der Waals surface area contributed by atoms with Crippen molar-refractivity contribution in [2.24, 2.45) is 35.5 Å². The maximum Gasteiger partial charge on any atom is 0.129 e. The molecule has 0 aliphatic heterocycles. The number of halogens is 4. The average molecular weight is 707 g/mol. The summed E-state index contributed by atoms with van der Waals surface area (Å²) < 4.78 is 66.1. The predicted octanol–water partition coefficient (Wildman–Crippen LogP) is 13.4. The first kappa shape index (κ1) is 38.3. The molecule has 0 amide bonds. The summed E-state index contributed by atoms with van der Waals surface area (Å²) in [6, 6.07) is 6.26. The van der Waals surface area contributed by atoms with Gasteiger partial charge in [0.05, 0.1) is 0 Å². The van der Waals surface area contributed by atoms with Crippen LogP contribution in [-0.4, -0.2) is 13.2 Å². The average Bonchev–Trinajstić information content (AvgIpc) is 3.16. The number of benzene rings is 2. The van der Waals surface area contributed by atoms with Crippen LogP contribution < -0.4 is 0 Å². The summed E-state index contributed by atoms with van der Waals surface area (Å²) in [5.41, 5.74) is 1.86. The minimum Gasteiger partial charge on any atom is -0.381 e. The van der Waals surface area contributed by atoms with Gasteiger partial charge in [0.15, 0.2) is 0 Å². The Kier molecular flexibility index (Phi) is 14.0. The zero-order valence-electron chi connectivity index (χ0n) is 31.0. The van der Waals surface area contributed by atoms with Gasteiger partial charge in [-0.05, 0) is 211 Å². The Bertz CT molecular complexity index is 1270. The molecule has 51 heavy (non-hydrogen) atoms. The summed E-state index contributed by atoms with van der Waals surface area (Å²) in [7, 11) is 0. The number of allylic oxidation sites excluding steroid dienone is 2. The zero-order chi connectivity index (χ0) is 35.7. The van der Waals surface area contributed by atoms with Crippen molar-refractivity contribution < 1.29 is 22.3 Å². The van der Waals surface area contributed by atoms with Gasteiger partial charge in [-0.2, -0.15) is 0 Å². The molecule has 4 fully saturated rings. The molecule has 6 rings (SSSR count). The fourth-order valence-electron chi connectivity index (χ4n) is 10.6. The van der Waals surface area contributed by atoms with E-state index in [4.69, 9.17) is 4.74 Å². The van der Waals surface area contributed by atoms with Crippen LogP contribution in [0.5, 0.6) is 0 Å². The molecule has 1 nitrogen and oxygen atoms in total. The highest BCUT2D eigenvalue weighted by molar-refractivity contribution is 5.30. The summed E-state index contributed by atoms with van der Waals surface area (Å²) in [4.78, 5) is 0. The van der Waals surface area contributed by atoms with Gasteiger partial charge >= 0.3 is 0 Å². The molecule has 2 aromatic carbocycles. The van der Waals surface area contributed by atoms with Crippen molar-refractivity contribution >= 4 is 0 Å². The van der Waals surface area contributed by atoms with Crippen LogP contribution in [0.25, 0.3) is 0 Å². The maximum absolute atomic E-state index is 15.1. The van der Waals surface area contributed by atoms with Crippen molar-refractivity contribution in [3.05, 3.63) is 95.1 Å². The van der Waals surface area contributed by atoms with Gasteiger partial charge < -0.3 is 4.74 Å². The van der Waals surface area contributed by atoms with E-state index in [-0.39, 0.29) is 35.8 Å². The molecule has 0 atom stereocenters. The first-order valence-electron chi connectivity index (χ1n) is 20.6. The standard InChI is InChI=1S/C46H62F4O/c1-3-31-9-13-33(14-10-31)35-17-21-37(22-18-35)39-27-43(47)41(44(48)28-39)7-5-25-51-26-6-8-42-45(49)29-40(30-46(42)50)38-23-19-36(20-24-38)34-15-11-32(4-2)12-16-34/h3-4,27-38H,1-2,5-26H2. The fourth-order valence-corrected chi connectivity index (χ4v) is 10.6. The van der Waals surface area contributed by atoms with E-state index in [1.165, 1.54) is 51.4 Å². The Hall–Kier alpha value is -2.40. The maximum atomic E-state index is 15.1. The van der Waals surface area contributed by atoms with E-state index in [1.807, 2.05) is 0 Å². The van der Waals surface area contributed by atoms with Gasteiger partial charge in [-0.1, -0.05) is 12.2 Å². The normalized spacial score (nSPS) is 30.2. The molecule has 0 unspecified atom stereocenters. The predicted molar refractivity (Wildman–Crippen MR) is 201 cm³/mol. The largest absolute Gasteiger partial charge is 0.381 e. The zero-order valence-corrected chi connectivity index (χ0v) is 31.0. The lowest BCUT2D eigenvalue weighted by atomic mass is 9.68. The van der Waals surface area contributed by atoms with E-state index in [0.717, 1.165) is 86.2 Å². The molecule has 5 heteroatoms. The van der Waals surface area contributed by atoms with Crippen LogP contribution in [-0.2, 0) is 17.6 Å². The number of hydrogen-bond donors (Lipinski definition) is 0. The smallest absolute Gasteiger partial charge is 0.129 e. The Labute approximate surface area is 305 Å². The molecule has 4 aliphatic carbocycles. The second-order valence-corrected chi connectivity index (χ2v) is 16.8. The monoisotopic (exact) mass is 706 g/mol. The molecule has 0 aromatic heterocycles. The Morgan fingerprint density at radius 3 is 1.06 bits per heavy atom. The summed E-state index contributed by atoms with van der Waals surface area (Å²) >= 11 is 0. The summed E-state index contributed by atoms with van der Waals surface area (Å²) in [5.74, 6) is 3.09. The molecule has 4 aliphatic rings. The van der Waals surface area contributed by atoms with Crippen LogP contribution in [0.2, 0.25) is 0 Å². The van der Waals surface area contributed by atoms with E-state index in [2.05, 4.69) is 25.3 Å². The minimum absolute atomic E-state index is 0.128. The third-order valence-electron chi connectivity index (χ3n) is 13.9. The number of hydrogen-bond acceptors (Lipinski definition) is 1. The van der Waals surface area contributed by atoms with Crippen molar-refractivity contribution in [3.63, 3.8) is 0 Å². The van der Waals surface area contributed by atoms with Crippen molar-refractivity contribution in [2.45, 2.75) is 140 Å². The minimum atomic E-state index is -0.455. The lowest BCUT2D eigenvalue weighted by Crippen LogP contribution is -2.25. The molecule has 0 radical (unpaired) electrons. The van der Waals surface area contributed by atoms with Gasteiger partial charge in [-0.15, -0.1) is 13.2 Å². The van der Waals surface area contributed by atoms with Gasteiger partial charge in [-0.3, -0.25) is 0 Å². The van der Waals surface area contributed by atoms with Crippen molar-refractivity contribution in [3.8, 4) is 0 Å². The lowest BCUT2D eigenvalue weighted by Gasteiger charge is -2.37. The van der Waals surface area contributed by atoms with E-state index in [9.17, 15) is 0 Å². The molecule has 0 bridgehead atoms. The van der Waals surface area contributed by atoms with Crippen LogP contribution in [0.15, 0.2) is 49.6 Å². The molecule has 4 saturated carbocycles. The molecule has 2 aromatic rings. The van der Waals surface area contributed by atoms with Crippen LogP contribution in [0.3, 0.4) is 0 Å². The third-order valence-corrected chi connectivity index (χ3v) is 13.9. The lowest BCUT2D eigenvalue weighted by molar-refractivity contribution is 0.129. The van der Waals surface area contributed by atoms with E-state index in [0.29, 0.717) is 37.9 Å². The Morgan fingerprint density at radius 1 is 0.471 bits per heavy atom. The van der Waals surface area contributed by atoms with Gasteiger partial charge in [-0.25, -0.2) is 17.6 Å². The fraction of sp³-hybridized carbons (Fsp3) is 0.652. The van der Waals surface area contributed by atoms with E-state index >= 15 is 17.6 Å². The molecule has 0 saturated heterocycles. The first-order chi connectivity index (χ1) is 24.8. The van der Waals surface area contributed by atoms with Crippen LogP contribution in [0, 0.1) is 58.8 Å². The van der Waals surface area contributed by atoms with E-state index < -0.39 is 23.3 Å². The van der Waals surface area contributed by atoms with Crippen molar-refractivity contribution in [1.29, 1.82) is 0 Å². The van der Waals surface area contributed by atoms with Crippen molar-refractivity contribution in [2.75, 3.05) is 13.2 Å². The highest BCUT2D eigenvalue weighted by Crippen LogP contribution is 2.46. The molecular weight excluding hydrogens is 644 g/mol. The third kappa shape index (κ3) is 9.98. The van der Waals surface area contributed by atoms with Gasteiger partial charge in [0, 0.05) is 24.3 Å². The second-order valence-electron chi connectivity index (χ2n) is 16.8. The topological polar surface area (TPSA) is 9.23 Å². The molecule has 0 spiro atoms. The summed E-state index contributed by atoms with van der Waals surface area (Å²) in [6.45, 7) is 8.63. The molecule has 0 N–H and O–H groups in total. The van der Waals surface area contributed by atoms with Crippen LogP contribution in [0.4, 0.5) is 17.6 Å². The Balaban J connectivity index is 0.877. The van der Waals surface area contributed by atoms with Gasteiger partial charge in [0.25, 0.3) is 0 Å². The molecule has 280 valence electrons. The Morgan fingerprint density at radius 2 is 0.765 bits per heavy atom. The summed E-state index contributed by atoms with van der Waals surface area (Å²) in [6.07, 6.45) is 24.5. The SMILES string of the molecule is C=CC1CCC(C2CCC(c3cc(F)c(CCCOCCCc4c(F)cc(C5CCC(C6CCC(C=C)CC6)CC5)cc4F)c(F)c3)CC2)CC1. The summed E-state index contributed by atoms with van der Waals surface area (Å²) in [5, 5.41) is 0. The van der Waals surface area contributed by atoms with Crippen molar-refractivity contribution in [1.82, 2.24) is 0 Å². The number of rotatable bonds is 14. The highest BCUT2D eigenvalue weighted by Gasteiger charge is 2.33. The van der Waals surface area contributed by atoms with Crippen LogP contribution >= 0.6 is 0 Å². The van der Waals surface area contributed by atoms with Gasteiger partial charge in [0.2, 0.25) is 0 Å². The quantitative estimate of drug-likeness (QED) is 0.108. The highest BCUT2D eigenvalue weighted by atomic mass is 19.1. The van der Waals surface area contributed by atoms with Crippen LogP contribution in [0.1, 0.15) is 150 Å². The number of ether oxygens (including phenoxy) is 1. The molecule has 0 heterocycles. The van der Waals surface area contributed by atoms with E-state index in [1.54, 1.807) is 24.3 Å². The second kappa shape index (κ2) is 18.6. The molecular formula is C46H62F4O. The first-order valence-corrected chi connectivity index (χ1v) is 20.6.